The van der Waals surface area contributed by atoms with Crippen molar-refractivity contribution in [2.75, 3.05) is 19.7 Å². The highest BCUT2D eigenvalue weighted by Crippen LogP contribution is 2.26. The molecule has 2 rings (SSSR count). The van der Waals surface area contributed by atoms with E-state index in [4.69, 9.17) is 33.7 Å². The molecular formula is C14H17Cl2N3O. The van der Waals surface area contributed by atoms with E-state index in [2.05, 4.69) is 11.6 Å². The fraction of sp³-hybridized carbons (Fsp3) is 0.357. The molecule has 0 aliphatic carbocycles. The van der Waals surface area contributed by atoms with Crippen LogP contribution in [-0.2, 0) is 4.74 Å². The van der Waals surface area contributed by atoms with Crippen LogP contribution in [0, 0.1) is 0 Å². The van der Waals surface area contributed by atoms with E-state index in [1.165, 1.54) is 0 Å². The maximum Gasteiger partial charge on any atom is 0.193 e. The molecule has 1 atom stereocenters. The Morgan fingerprint density at radius 1 is 1.55 bits per heavy atom. The number of ether oxygens (including phenoxy) is 1. The Morgan fingerprint density at radius 3 is 2.95 bits per heavy atom. The Balaban J connectivity index is 2.29. The van der Waals surface area contributed by atoms with Crippen molar-refractivity contribution in [3.8, 4) is 0 Å². The number of rotatable bonds is 5. The van der Waals surface area contributed by atoms with Crippen molar-refractivity contribution in [2.45, 2.75) is 12.8 Å². The van der Waals surface area contributed by atoms with E-state index in [9.17, 15) is 0 Å². The second kappa shape index (κ2) is 6.14. The van der Waals surface area contributed by atoms with Crippen molar-refractivity contribution in [1.29, 1.82) is 0 Å². The van der Waals surface area contributed by atoms with Gasteiger partial charge in [0.2, 0.25) is 0 Å². The van der Waals surface area contributed by atoms with Gasteiger partial charge in [0.05, 0.1) is 18.2 Å². The summed E-state index contributed by atoms with van der Waals surface area (Å²) in [6.45, 7) is 7.12. The summed E-state index contributed by atoms with van der Waals surface area (Å²) in [4.78, 5) is 6.38. The second-order valence-electron chi connectivity index (χ2n) is 4.64. The third kappa shape index (κ3) is 3.15. The van der Waals surface area contributed by atoms with E-state index in [1.807, 2.05) is 11.0 Å². The largest absolute Gasteiger partial charge is 0.339 e. The van der Waals surface area contributed by atoms with Gasteiger partial charge in [-0.2, -0.15) is 0 Å². The first kappa shape index (κ1) is 15.3. The maximum atomic E-state index is 6.24. The van der Waals surface area contributed by atoms with Gasteiger partial charge in [0.15, 0.2) is 5.85 Å². The smallest absolute Gasteiger partial charge is 0.193 e. The van der Waals surface area contributed by atoms with E-state index in [0.29, 0.717) is 29.7 Å². The molecule has 1 unspecified atom stereocenters. The van der Waals surface area contributed by atoms with Crippen LogP contribution in [0.4, 0.5) is 0 Å². The number of amidine groups is 1. The fourth-order valence-electron chi connectivity index (χ4n) is 2.09. The molecule has 0 saturated heterocycles. The van der Waals surface area contributed by atoms with Crippen molar-refractivity contribution in [1.82, 2.24) is 4.90 Å². The molecule has 0 bridgehead atoms. The quantitative estimate of drug-likeness (QED) is 0.671. The third-order valence-electron chi connectivity index (χ3n) is 3.04. The Labute approximate surface area is 128 Å². The normalized spacial score (nSPS) is 17.8. The predicted octanol–water partition coefficient (Wildman–Crippen LogP) is 2.89. The highest BCUT2D eigenvalue weighted by Gasteiger charge is 2.34. The second-order valence-corrected chi connectivity index (χ2v) is 5.48. The van der Waals surface area contributed by atoms with Gasteiger partial charge < -0.3 is 9.64 Å². The minimum Gasteiger partial charge on any atom is -0.339 e. The molecule has 1 aromatic carbocycles. The van der Waals surface area contributed by atoms with E-state index >= 15 is 0 Å². The molecule has 1 aliphatic rings. The Bertz CT molecular complexity index is 543. The number of benzene rings is 1. The van der Waals surface area contributed by atoms with Crippen molar-refractivity contribution < 1.29 is 4.74 Å². The summed E-state index contributed by atoms with van der Waals surface area (Å²) in [6, 6.07) is 5.31. The van der Waals surface area contributed by atoms with Crippen molar-refractivity contribution in [3.05, 3.63) is 46.5 Å². The molecule has 1 aromatic rings. The van der Waals surface area contributed by atoms with Gasteiger partial charge in [0, 0.05) is 17.1 Å². The van der Waals surface area contributed by atoms with Crippen LogP contribution >= 0.6 is 23.2 Å². The summed E-state index contributed by atoms with van der Waals surface area (Å²) in [5.74, 6) is -0.243. The molecule has 1 heterocycles. The zero-order chi connectivity index (χ0) is 14.8. The molecule has 2 N–H and O–H groups in total. The molecule has 0 spiro atoms. The minimum atomic E-state index is -0.966. The Morgan fingerprint density at radius 2 is 2.30 bits per heavy atom. The summed E-state index contributed by atoms with van der Waals surface area (Å²) in [5, 5.41) is 1.13. The zero-order valence-corrected chi connectivity index (χ0v) is 12.8. The topological polar surface area (TPSA) is 50.9 Å². The van der Waals surface area contributed by atoms with Crippen LogP contribution in [0.1, 0.15) is 12.5 Å². The van der Waals surface area contributed by atoms with E-state index in [-0.39, 0.29) is 0 Å². The first-order chi connectivity index (χ1) is 9.45. The molecule has 20 heavy (non-hydrogen) atoms. The monoisotopic (exact) mass is 313 g/mol. The number of nitrogens with zero attached hydrogens (tertiary/aromatic N) is 2. The molecule has 0 saturated carbocycles. The molecule has 0 fully saturated rings. The molecule has 6 heteroatoms. The van der Waals surface area contributed by atoms with Gasteiger partial charge in [0.25, 0.3) is 0 Å². The van der Waals surface area contributed by atoms with Gasteiger partial charge in [0.1, 0.15) is 5.84 Å². The highest BCUT2D eigenvalue weighted by molar-refractivity contribution is 6.37. The lowest BCUT2D eigenvalue weighted by Gasteiger charge is -2.37. The van der Waals surface area contributed by atoms with Gasteiger partial charge in [-0.05, 0) is 25.1 Å². The van der Waals surface area contributed by atoms with Gasteiger partial charge in [-0.1, -0.05) is 29.3 Å². The average molecular weight is 314 g/mol. The lowest BCUT2D eigenvalue weighted by molar-refractivity contribution is -0.0949. The Hall–Kier alpha value is -1.07. The van der Waals surface area contributed by atoms with Crippen LogP contribution in [0.2, 0.25) is 10.0 Å². The lowest BCUT2D eigenvalue weighted by Crippen LogP contribution is -2.57. The summed E-state index contributed by atoms with van der Waals surface area (Å²) in [7, 11) is 0. The van der Waals surface area contributed by atoms with Crippen molar-refractivity contribution >= 4 is 29.0 Å². The minimum absolute atomic E-state index is 0.366. The standard InChI is InChI=1S/C14H17Cl2N3O/c1-3-8-20-14(2,17)19-7-6-18-13(19)11-5-4-10(15)9-12(11)16/h3-5,9H,1,6-8,17H2,2H3. The van der Waals surface area contributed by atoms with Gasteiger partial charge >= 0.3 is 0 Å². The molecule has 0 radical (unpaired) electrons. The summed E-state index contributed by atoms with van der Waals surface area (Å²) in [6.07, 6.45) is 1.66. The molecule has 0 amide bonds. The summed E-state index contributed by atoms with van der Waals surface area (Å²) >= 11 is 12.2. The van der Waals surface area contributed by atoms with Crippen LogP contribution in [0.25, 0.3) is 0 Å². The highest BCUT2D eigenvalue weighted by atomic mass is 35.5. The molecule has 4 nitrogen and oxygen atoms in total. The number of aliphatic imine (C=N–C) groups is 1. The average Bonchev–Trinajstić information content (AvgIpc) is 2.86. The van der Waals surface area contributed by atoms with Crippen LogP contribution in [0.15, 0.2) is 35.8 Å². The molecule has 0 aromatic heterocycles. The fourth-order valence-corrected chi connectivity index (χ4v) is 2.58. The summed E-state index contributed by atoms with van der Waals surface area (Å²) in [5.41, 5.74) is 7.02. The van der Waals surface area contributed by atoms with Crippen LogP contribution < -0.4 is 5.73 Å². The summed E-state index contributed by atoms with van der Waals surface area (Å²) < 4.78 is 5.61. The molecule has 108 valence electrons. The van der Waals surface area contributed by atoms with Gasteiger partial charge in [-0.25, -0.2) is 0 Å². The van der Waals surface area contributed by atoms with Crippen molar-refractivity contribution in [3.63, 3.8) is 0 Å². The predicted molar refractivity (Wildman–Crippen MR) is 83.3 cm³/mol. The molecular weight excluding hydrogens is 297 g/mol. The number of halogens is 2. The van der Waals surface area contributed by atoms with Crippen LogP contribution in [0.5, 0.6) is 0 Å². The third-order valence-corrected chi connectivity index (χ3v) is 3.59. The number of hydrogen-bond donors (Lipinski definition) is 1. The first-order valence-electron chi connectivity index (χ1n) is 6.27. The van der Waals surface area contributed by atoms with E-state index < -0.39 is 5.85 Å². The molecule has 1 aliphatic heterocycles. The first-order valence-corrected chi connectivity index (χ1v) is 7.02. The maximum absolute atomic E-state index is 6.24. The van der Waals surface area contributed by atoms with Crippen LogP contribution in [0.3, 0.4) is 0 Å². The van der Waals surface area contributed by atoms with E-state index in [0.717, 1.165) is 11.4 Å². The van der Waals surface area contributed by atoms with Gasteiger partial charge in [-0.3, -0.25) is 10.7 Å². The number of hydrogen-bond acceptors (Lipinski definition) is 4. The van der Waals surface area contributed by atoms with E-state index in [1.54, 1.807) is 25.1 Å². The zero-order valence-electron chi connectivity index (χ0n) is 11.3. The SMILES string of the molecule is C=CCOC(C)(N)N1CCN=C1c1ccc(Cl)cc1Cl. The Kier molecular flexibility index (Phi) is 4.70. The van der Waals surface area contributed by atoms with Crippen molar-refractivity contribution in [2.24, 2.45) is 10.7 Å². The number of nitrogens with two attached hydrogens (primary N) is 1. The van der Waals surface area contributed by atoms with Gasteiger partial charge in [-0.15, -0.1) is 6.58 Å². The lowest BCUT2D eigenvalue weighted by atomic mass is 10.2. The van der Waals surface area contributed by atoms with Crippen LogP contribution in [-0.4, -0.2) is 36.3 Å².